The molecule has 0 aliphatic carbocycles. The topological polar surface area (TPSA) is 15.7 Å². The normalized spacial score (nSPS) is 11.2. The Labute approximate surface area is 140 Å². The van der Waals surface area contributed by atoms with E-state index in [0.29, 0.717) is 13.2 Å². The molecular weight excluding hydrogens is 284 g/mol. The van der Waals surface area contributed by atoms with Gasteiger partial charge in [-0.15, -0.1) is 0 Å². The fourth-order valence-corrected chi connectivity index (χ4v) is 2.07. The molecule has 0 bridgehead atoms. The van der Waals surface area contributed by atoms with Crippen LogP contribution in [-0.4, -0.2) is 37.0 Å². The maximum Gasteiger partial charge on any atom is 0.119 e. The molecule has 0 fully saturated rings. The highest BCUT2D eigenvalue weighted by molar-refractivity contribution is 5.28. The number of hydrogen-bond acceptors (Lipinski definition) is 3. The van der Waals surface area contributed by atoms with Crippen LogP contribution in [0.5, 0.6) is 5.75 Å². The molecule has 3 heteroatoms. The molecule has 0 radical (unpaired) electrons. The van der Waals surface area contributed by atoms with Crippen LogP contribution < -0.4 is 4.74 Å². The number of ether oxygens (including phenoxy) is 1. The van der Waals surface area contributed by atoms with E-state index in [9.17, 15) is 0 Å². The van der Waals surface area contributed by atoms with Crippen LogP contribution in [0.15, 0.2) is 73.6 Å². The number of nitrogens with zero attached hydrogens (tertiary/aromatic N) is 2. The lowest BCUT2D eigenvalue weighted by Crippen LogP contribution is -2.21. The Morgan fingerprint density at radius 2 is 1.83 bits per heavy atom. The predicted octanol–water partition coefficient (Wildman–Crippen LogP) is 4.22. The maximum absolute atomic E-state index is 5.79. The molecule has 0 spiro atoms. The van der Waals surface area contributed by atoms with Crippen LogP contribution in [0.25, 0.3) is 0 Å². The molecular formula is C20H28N2O. The van der Waals surface area contributed by atoms with Gasteiger partial charge in [-0.05, 0) is 56.6 Å². The van der Waals surface area contributed by atoms with Gasteiger partial charge >= 0.3 is 0 Å². The van der Waals surface area contributed by atoms with Gasteiger partial charge in [-0.3, -0.25) is 0 Å². The van der Waals surface area contributed by atoms with E-state index in [2.05, 4.69) is 50.9 Å². The van der Waals surface area contributed by atoms with Crippen LogP contribution in [0.3, 0.4) is 0 Å². The summed E-state index contributed by atoms with van der Waals surface area (Å²) in [4.78, 5) is 4.11. The SMILES string of the molecule is C=C/C(C)=C/C(=C)N(C=C)CCOc1ccc(CN(C)C)cc1. The molecule has 0 atom stereocenters. The molecule has 0 aromatic heterocycles. The molecule has 0 saturated heterocycles. The van der Waals surface area contributed by atoms with E-state index in [1.165, 1.54) is 5.56 Å². The molecule has 0 amide bonds. The minimum atomic E-state index is 0.568. The Kier molecular flexibility index (Phi) is 7.92. The lowest BCUT2D eigenvalue weighted by Gasteiger charge is -2.21. The molecule has 0 heterocycles. The summed E-state index contributed by atoms with van der Waals surface area (Å²) >= 11 is 0. The first-order valence-corrected chi connectivity index (χ1v) is 7.71. The van der Waals surface area contributed by atoms with E-state index < -0.39 is 0 Å². The van der Waals surface area contributed by atoms with E-state index in [-0.39, 0.29) is 0 Å². The fourth-order valence-electron chi connectivity index (χ4n) is 2.07. The second kappa shape index (κ2) is 9.70. The van der Waals surface area contributed by atoms with E-state index in [0.717, 1.165) is 23.6 Å². The van der Waals surface area contributed by atoms with Crippen molar-refractivity contribution in [3.63, 3.8) is 0 Å². The van der Waals surface area contributed by atoms with E-state index >= 15 is 0 Å². The molecule has 3 nitrogen and oxygen atoms in total. The van der Waals surface area contributed by atoms with Gasteiger partial charge in [0.25, 0.3) is 0 Å². The second-order valence-electron chi connectivity index (χ2n) is 5.69. The van der Waals surface area contributed by atoms with Crippen molar-refractivity contribution in [2.75, 3.05) is 27.2 Å². The summed E-state index contributed by atoms with van der Waals surface area (Å²) in [5.41, 5.74) is 3.22. The van der Waals surface area contributed by atoms with Gasteiger partial charge in [-0.2, -0.15) is 0 Å². The highest BCUT2D eigenvalue weighted by Gasteiger charge is 2.03. The molecule has 1 aromatic carbocycles. The minimum Gasteiger partial charge on any atom is -0.492 e. The first-order valence-electron chi connectivity index (χ1n) is 7.71. The van der Waals surface area contributed by atoms with Gasteiger partial charge in [0.15, 0.2) is 0 Å². The molecule has 1 rings (SSSR count). The molecule has 0 aliphatic rings. The highest BCUT2D eigenvalue weighted by Crippen LogP contribution is 2.14. The summed E-state index contributed by atoms with van der Waals surface area (Å²) in [6.45, 7) is 15.8. The van der Waals surface area contributed by atoms with Gasteiger partial charge in [-0.1, -0.05) is 37.9 Å². The third-order valence-electron chi connectivity index (χ3n) is 3.33. The third-order valence-corrected chi connectivity index (χ3v) is 3.33. The molecule has 0 N–H and O–H groups in total. The Balaban J connectivity index is 2.49. The van der Waals surface area contributed by atoms with Crippen LogP contribution in [0.1, 0.15) is 12.5 Å². The average molecular weight is 312 g/mol. The Morgan fingerprint density at radius 1 is 1.17 bits per heavy atom. The van der Waals surface area contributed by atoms with Crippen molar-refractivity contribution in [1.29, 1.82) is 0 Å². The smallest absolute Gasteiger partial charge is 0.119 e. The minimum absolute atomic E-state index is 0.568. The summed E-state index contributed by atoms with van der Waals surface area (Å²) < 4.78 is 5.79. The number of allylic oxidation sites excluding steroid dienone is 3. The fraction of sp³-hybridized carbons (Fsp3) is 0.300. The van der Waals surface area contributed by atoms with Gasteiger partial charge < -0.3 is 14.5 Å². The highest BCUT2D eigenvalue weighted by atomic mass is 16.5. The van der Waals surface area contributed by atoms with Crippen LogP contribution >= 0.6 is 0 Å². The van der Waals surface area contributed by atoms with E-state index in [1.54, 1.807) is 12.3 Å². The van der Waals surface area contributed by atoms with E-state index in [4.69, 9.17) is 4.74 Å². The molecule has 1 aromatic rings. The summed E-state index contributed by atoms with van der Waals surface area (Å²) in [5, 5.41) is 0. The number of rotatable bonds is 10. The zero-order valence-electron chi connectivity index (χ0n) is 14.6. The lowest BCUT2D eigenvalue weighted by atomic mass is 10.2. The monoisotopic (exact) mass is 312 g/mol. The van der Waals surface area contributed by atoms with Crippen LogP contribution in [0.4, 0.5) is 0 Å². The van der Waals surface area contributed by atoms with Crippen LogP contribution in [-0.2, 0) is 6.54 Å². The summed E-state index contributed by atoms with van der Waals surface area (Å²) in [6.07, 6.45) is 5.54. The van der Waals surface area contributed by atoms with Crippen molar-refractivity contribution in [2.24, 2.45) is 0 Å². The molecule has 0 unspecified atom stereocenters. The van der Waals surface area contributed by atoms with Crippen molar-refractivity contribution < 1.29 is 4.74 Å². The predicted molar refractivity (Wildman–Crippen MR) is 99.3 cm³/mol. The largest absolute Gasteiger partial charge is 0.492 e. The van der Waals surface area contributed by atoms with Crippen LogP contribution in [0.2, 0.25) is 0 Å². The molecule has 0 aliphatic heterocycles. The standard InChI is InChI=1S/C20H28N2O/c1-7-17(3)15-18(4)22(8-2)13-14-23-20-11-9-19(10-12-20)16-21(5)6/h7-12,15H,1-2,4,13-14,16H2,3,5-6H3/b17-15+. The van der Waals surface area contributed by atoms with Crippen molar-refractivity contribution in [1.82, 2.24) is 9.80 Å². The summed E-state index contributed by atoms with van der Waals surface area (Å²) in [6, 6.07) is 8.20. The number of hydrogen-bond donors (Lipinski definition) is 0. The Hall–Kier alpha value is -2.26. The van der Waals surface area contributed by atoms with Crippen LogP contribution in [0, 0.1) is 0 Å². The average Bonchev–Trinajstić information content (AvgIpc) is 2.52. The van der Waals surface area contributed by atoms with Crippen molar-refractivity contribution in [3.8, 4) is 5.75 Å². The van der Waals surface area contributed by atoms with Crippen molar-refractivity contribution in [2.45, 2.75) is 13.5 Å². The number of benzene rings is 1. The first-order chi connectivity index (χ1) is 11.0. The maximum atomic E-state index is 5.79. The Bertz CT molecular complexity index is 556. The lowest BCUT2D eigenvalue weighted by molar-refractivity contribution is 0.279. The summed E-state index contributed by atoms with van der Waals surface area (Å²) in [7, 11) is 4.12. The van der Waals surface area contributed by atoms with Gasteiger partial charge in [0, 0.05) is 12.2 Å². The molecule has 124 valence electrons. The summed E-state index contributed by atoms with van der Waals surface area (Å²) in [5.74, 6) is 0.875. The van der Waals surface area contributed by atoms with Gasteiger partial charge in [0.1, 0.15) is 12.4 Å². The zero-order valence-corrected chi connectivity index (χ0v) is 14.6. The molecule has 0 saturated carbocycles. The molecule has 23 heavy (non-hydrogen) atoms. The Morgan fingerprint density at radius 3 is 2.35 bits per heavy atom. The third kappa shape index (κ3) is 7.02. The van der Waals surface area contributed by atoms with Gasteiger partial charge in [0.05, 0.1) is 6.54 Å². The second-order valence-corrected chi connectivity index (χ2v) is 5.69. The van der Waals surface area contributed by atoms with Crippen molar-refractivity contribution >= 4 is 0 Å². The quantitative estimate of drug-likeness (QED) is 0.602. The van der Waals surface area contributed by atoms with Crippen molar-refractivity contribution in [3.05, 3.63) is 79.2 Å². The van der Waals surface area contributed by atoms with Gasteiger partial charge in [0.2, 0.25) is 0 Å². The van der Waals surface area contributed by atoms with Gasteiger partial charge in [-0.25, -0.2) is 0 Å². The zero-order chi connectivity index (χ0) is 17.2. The van der Waals surface area contributed by atoms with E-state index in [1.807, 2.05) is 30.0 Å². The first kappa shape index (κ1) is 18.8.